The zero-order valence-corrected chi connectivity index (χ0v) is 11.5. The Bertz CT molecular complexity index is 207. The lowest BCUT2D eigenvalue weighted by Gasteiger charge is -2.35. The molecule has 0 aromatic rings. The van der Waals surface area contributed by atoms with E-state index in [4.69, 9.17) is 0 Å². The van der Waals surface area contributed by atoms with Crippen molar-refractivity contribution in [3.63, 3.8) is 0 Å². The maximum atomic E-state index is 2.71. The van der Waals surface area contributed by atoms with Gasteiger partial charge in [0.25, 0.3) is 0 Å². The molecule has 2 atom stereocenters. The molecular weight excluding hydrogens is 184 g/mol. The van der Waals surface area contributed by atoms with Crippen LogP contribution in [-0.4, -0.2) is 47.8 Å². The highest BCUT2D eigenvalue weighted by atomic mass is 15.5. The van der Waals surface area contributed by atoms with Crippen LogP contribution in [0.2, 0.25) is 0 Å². The average molecular weight is 213 g/mol. The van der Waals surface area contributed by atoms with Gasteiger partial charge in [0.15, 0.2) is 0 Å². The summed E-state index contributed by atoms with van der Waals surface area (Å²) in [5.74, 6) is 0. The van der Waals surface area contributed by atoms with E-state index in [1.54, 1.807) is 0 Å². The number of quaternary nitrogens is 1. The van der Waals surface area contributed by atoms with Gasteiger partial charge in [-0.25, -0.2) is 4.90 Å². The Labute approximate surface area is 95.8 Å². The molecule has 15 heavy (non-hydrogen) atoms. The van der Waals surface area contributed by atoms with Gasteiger partial charge in [-0.05, 0) is 34.1 Å². The van der Waals surface area contributed by atoms with Crippen molar-refractivity contribution in [3.05, 3.63) is 0 Å². The van der Waals surface area contributed by atoms with Crippen LogP contribution in [0.1, 0.15) is 47.5 Å². The zero-order chi connectivity index (χ0) is 11.7. The first-order valence-corrected chi connectivity index (χ1v) is 6.42. The first-order chi connectivity index (χ1) is 6.82. The van der Waals surface area contributed by atoms with Crippen molar-refractivity contribution in [2.24, 2.45) is 0 Å². The van der Waals surface area contributed by atoms with E-state index >= 15 is 0 Å². The Kier molecular flexibility index (Phi) is 3.83. The molecule has 0 aromatic heterocycles. The molecule has 1 fully saturated rings. The molecule has 0 N–H and O–H groups in total. The summed E-state index contributed by atoms with van der Waals surface area (Å²) >= 11 is 0. The van der Waals surface area contributed by atoms with Gasteiger partial charge in [0.05, 0.1) is 26.2 Å². The molecular formula is C13H29N2+. The molecule has 0 radical (unpaired) electrons. The topological polar surface area (TPSA) is 3.24 Å². The summed E-state index contributed by atoms with van der Waals surface area (Å²) in [5, 5.41) is 0. The number of nitrogens with zero attached hydrogens (tertiary/aromatic N) is 2. The Morgan fingerprint density at radius 1 is 1.27 bits per heavy atom. The van der Waals surface area contributed by atoms with Gasteiger partial charge < -0.3 is 4.48 Å². The van der Waals surface area contributed by atoms with Gasteiger partial charge in [-0.3, -0.25) is 0 Å². The second-order valence-corrected chi connectivity index (χ2v) is 6.34. The third kappa shape index (κ3) is 2.94. The van der Waals surface area contributed by atoms with E-state index in [0.29, 0.717) is 5.54 Å². The molecule has 0 aliphatic carbocycles. The summed E-state index contributed by atoms with van der Waals surface area (Å²) in [6.45, 7) is 15.5. The van der Waals surface area contributed by atoms with Crippen LogP contribution < -0.4 is 0 Å². The summed E-state index contributed by atoms with van der Waals surface area (Å²) in [7, 11) is 2.40. The minimum Gasteiger partial charge on any atom is -0.312 e. The van der Waals surface area contributed by atoms with E-state index in [2.05, 4.69) is 46.6 Å². The highest BCUT2D eigenvalue weighted by Crippen LogP contribution is 2.29. The first-order valence-electron chi connectivity index (χ1n) is 6.42. The summed E-state index contributed by atoms with van der Waals surface area (Å²) in [6.07, 6.45) is 2.66. The standard InChI is InChI=1S/C13H29N2/c1-7-9-12-10-15(6,8-2)11-14(12)13(3,4)5/h12H,7-11H2,1-6H3/q+1/t12?,15-/m1/s1. The van der Waals surface area contributed by atoms with Crippen molar-refractivity contribution >= 4 is 0 Å². The molecule has 0 bridgehead atoms. The number of likely N-dealkylation sites (N-methyl/N-ethyl adjacent to an activating group) is 1. The molecule has 1 heterocycles. The quantitative estimate of drug-likeness (QED) is 0.652. The fraction of sp³-hybridized carbons (Fsp3) is 1.00. The maximum Gasteiger partial charge on any atom is 0.135 e. The van der Waals surface area contributed by atoms with Gasteiger partial charge in [-0.2, -0.15) is 0 Å². The van der Waals surface area contributed by atoms with Crippen LogP contribution in [0, 0.1) is 0 Å². The summed E-state index contributed by atoms with van der Waals surface area (Å²) < 4.78 is 1.22. The van der Waals surface area contributed by atoms with Crippen LogP contribution in [0.25, 0.3) is 0 Å². The molecule has 90 valence electrons. The van der Waals surface area contributed by atoms with Crippen molar-refractivity contribution in [3.8, 4) is 0 Å². The van der Waals surface area contributed by atoms with Crippen LogP contribution in [0.15, 0.2) is 0 Å². The van der Waals surface area contributed by atoms with E-state index in [1.165, 1.54) is 37.1 Å². The largest absolute Gasteiger partial charge is 0.312 e. The van der Waals surface area contributed by atoms with Crippen molar-refractivity contribution in [2.75, 3.05) is 26.8 Å². The smallest absolute Gasteiger partial charge is 0.135 e. The van der Waals surface area contributed by atoms with Gasteiger partial charge in [-0.1, -0.05) is 13.3 Å². The molecule has 1 unspecified atom stereocenters. The summed E-state index contributed by atoms with van der Waals surface area (Å²) in [5.41, 5.74) is 0.324. The van der Waals surface area contributed by atoms with Crippen LogP contribution >= 0.6 is 0 Å². The van der Waals surface area contributed by atoms with Crippen molar-refractivity contribution in [1.82, 2.24) is 4.90 Å². The highest BCUT2D eigenvalue weighted by molar-refractivity contribution is 4.85. The minimum absolute atomic E-state index is 0.324. The molecule has 1 rings (SSSR count). The number of hydrogen-bond acceptors (Lipinski definition) is 1. The SMILES string of the molecule is CCCC1C[N@@+](C)(CC)CN1C(C)(C)C. The predicted molar refractivity (Wildman–Crippen MR) is 66.7 cm³/mol. The van der Waals surface area contributed by atoms with E-state index < -0.39 is 0 Å². The van der Waals surface area contributed by atoms with Crippen molar-refractivity contribution in [1.29, 1.82) is 0 Å². The van der Waals surface area contributed by atoms with Crippen LogP contribution in [-0.2, 0) is 0 Å². The first kappa shape index (κ1) is 13.0. The fourth-order valence-corrected chi connectivity index (χ4v) is 2.72. The lowest BCUT2D eigenvalue weighted by molar-refractivity contribution is -0.901. The van der Waals surface area contributed by atoms with Crippen LogP contribution in [0.5, 0.6) is 0 Å². The average Bonchev–Trinajstić information content (AvgIpc) is 2.44. The van der Waals surface area contributed by atoms with Gasteiger partial charge in [0.2, 0.25) is 0 Å². The Morgan fingerprint density at radius 3 is 2.27 bits per heavy atom. The predicted octanol–water partition coefficient (Wildman–Crippen LogP) is 2.69. The molecule has 1 aliphatic heterocycles. The zero-order valence-electron chi connectivity index (χ0n) is 11.5. The second-order valence-electron chi connectivity index (χ2n) is 6.34. The molecule has 1 aliphatic rings. The van der Waals surface area contributed by atoms with Gasteiger partial charge >= 0.3 is 0 Å². The van der Waals surface area contributed by atoms with Crippen LogP contribution in [0.4, 0.5) is 0 Å². The summed E-state index contributed by atoms with van der Waals surface area (Å²) in [6, 6.07) is 0.792. The van der Waals surface area contributed by atoms with Crippen LogP contribution in [0.3, 0.4) is 0 Å². The van der Waals surface area contributed by atoms with E-state index in [1.807, 2.05) is 0 Å². The summed E-state index contributed by atoms with van der Waals surface area (Å²) in [4.78, 5) is 2.71. The van der Waals surface area contributed by atoms with E-state index in [0.717, 1.165) is 6.04 Å². The Morgan fingerprint density at radius 2 is 1.87 bits per heavy atom. The van der Waals surface area contributed by atoms with Gasteiger partial charge in [0, 0.05) is 5.54 Å². The number of rotatable bonds is 3. The normalized spacial score (nSPS) is 33.6. The Balaban J connectivity index is 2.76. The maximum absolute atomic E-state index is 2.71. The molecule has 0 aromatic carbocycles. The van der Waals surface area contributed by atoms with Gasteiger partial charge in [0.1, 0.15) is 6.67 Å². The number of hydrogen-bond donors (Lipinski definition) is 0. The molecule has 1 saturated heterocycles. The second kappa shape index (κ2) is 4.42. The molecule has 0 saturated carbocycles. The lowest BCUT2D eigenvalue weighted by atomic mass is 10.0. The van der Waals surface area contributed by atoms with E-state index in [-0.39, 0.29) is 0 Å². The minimum atomic E-state index is 0.324. The third-order valence-electron chi connectivity index (χ3n) is 3.83. The molecule has 0 amide bonds. The highest BCUT2D eigenvalue weighted by Gasteiger charge is 2.43. The third-order valence-corrected chi connectivity index (χ3v) is 3.83. The monoisotopic (exact) mass is 213 g/mol. The van der Waals surface area contributed by atoms with E-state index in [9.17, 15) is 0 Å². The molecule has 2 nitrogen and oxygen atoms in total. The molecule has 0 spiro atoms. The lowest BCUT2D eigenvalue weighted by Crippen LogP contribution is -2.47. The fourth-order valence-electron chi connectivity index (χ4n) is 2.72. The Hall–Kier alpha value is -0.0800. The van der Waals surface area contributed by atoms with Gasteiger partial charge in [-0.15, -0.1) is 0 Å². The molecule has 2 heteroatoms. The van der Waals surface area contributed by atoms with Crippen molar-refractivity contribution in [2.45, 2.75) is 59.0 Å². The van der Waals surface area contributed by atoms with Crippen molar-refractivity contribution < 1.29 is 4.48 Å².